The van der Waals surface area contributed by atoms with E-state index in [1.807, 2.05) is 23.7 Å². The number of likely N-dealkylation sites (N-methyl/N-ethyl adjacent to an activating group) is 1. The zero-order chi connectivity index (χ0) is 50.0. The lowest BCUT2D eigenvalue weighted by molar-refractivity contribution is -0.193. The first kappa shape index (κ1) is 55.2. The van der Waals surface area contributed by atoms with Crippen LogP contribution in [0.25, 0.3) is 0 Å². The lowest BCUT2D eigenvalue weighted by Gasteiger charge is -2.62. The number of fused-ring (bicyclic) bond motifs is 2. The number of hydrogen-bond acceptors (Lipinski definition) is 13. The molecule has 17 nitrogen and oxygen atoms in total. The minimum Gasteiger partial charge on any atom is -0.443 e. The molecule has 1 heterocycles. The van der Waals surface area contributed by atoms with Crippen molar-refractivity contribution in [3.05, 3.63) is 0 Å². The summed E-state index contributed by atoms with van der Waals surface area (Å²) >= 11 is 0. The summed E-state index contributed by atoms with van der Waals surface area (Å²) in [6.07, 6.45) is 8.68. The van der Waals surface area contributed by atoms with Crippen LogP contribution in [0.2, 0.25) is 0 Å². The Bertz CT molecular complexity index is 1810. The summed E-state index contributed by atoms with van der Waals surface area (Å²) in [6, 6.07) is -1.89. The number of carbonyl (C=O) groups is 3. The summed E-state index contributed by atoms with van der Waals surface area (Å²) in [7, 11) is 5.32. The van der Waals surface area contributed by atoms with Gasteiger partial charge in [-0.1, -0.05) is 46.5 Å². The Balaban J connectivity index is 1.19. The fourth-order valence-corrected chi connectivity index (χ4v) is 15.0. The Hall–Kier alpha value is -2.16. The Kier molecular flexibility index (Phi) is 18.4. The second kappa shape index (κ2) is 22.7. The van der Waals surface area contributed by atoms with Crippen molar-refractivity contribution in [2.24, 2.45) is 58.7 Å². The van der Waals surface area contributed by atoms with Crippen molar-refractivity contribution in [1.29, 1.82) is 0 Å². The van der Waals surface area contributed by atoms with Gasteiger partial charge in [-0.15, -0.1) is 0 Å². The van der Waals surface area contributed by atoms with E-state index >= 15 is 0 Å². The highest BCUT2D eigenvalue weighted by atomic mass is 32.2. The lowest BCUT2D eigenvalue weighted by Crippen LogP contribution is -2.62. The van der Waals surface area contributed by atoms with Crippen molar-refractivity contribution in [3.8, 4) is 0 Å². The fraction of sp³-hybridized carbons (Fsp3) is 0.940. The molecule has 0 aromatic carbocycles. The third-order valence-corrected chi connectivity index (χ3v) is 18.6. The summed E-state index contributed by atoms with van der Waals surface area (Å²) in [4.78, 5) is 52.6. The monoisotopic (exact) mass is 982 g/mol. The number of carbonyl (C=O) groups excluding carboxylic acids is 3. The molecule has 0 aromatic rings. The molecule has 0 aromatic heterocycles. The largest absolute Gasteiger partial charge is 0.443 e. The van der Waals surface area contributed by atoms with Crippen LogP contribution in [0, 0.1) is 58.7 Å². The van der Waals surface area contributed by atoms with Crippen LogP contribution >= 0.6 is 0 Å². The molecule has 3 amide bonds. The maximum Gasteiger partial charge on any atom is 0.422 e. The summed E-state index contributed by atoms with van der Waals surface area (Å²) < 4.78 is 43.9. The number of aliphatic hydroxyl groups excluding tert-OH is 2. The fourth-order valence-electron chi connectivity index (χ4n) is 14.0. The number of methoxy groups -OCH3 is 1. The van der Waals surface area contributed by atoms with Gasteiger partial charge in [-0.05, 0) is 155 Å². The van der Waals surface area contributed by atoms with E-state index in [0.717, 1.165) is 64.2 Å². The van der Waals surface area contributed by atoms with E-state index in [-0.39, 0.29) is 71.6 Å². The highest BCUT2D eigenvalue weighted by Gasteiger charge is 2.58. The molecule has 1 aliphatic heterocycles. The summed E-state index contributed by atoms with van der Waals surface area (Å²) in [5.74, 6) is 0.386. The van der Waals surface area contributed by atoms with Crippen molar-refractivity contribution in [3.63, 3.8) is 0 Å². The third-order valence-electron chi connectivity index (χ3n) is 17.6. The van der Waals surface area contributed by atoms with Crippen LogP contribution in [0.1, 0.15) is 132 Å². The van der Waals surface area contributed by atoms with Gasteiger partial charge in [0.2, 0.25) is 11.8 Å². The molecule has 16 atom stereocenters. The zero-order valence-corrected chi connectivity index (χ0v) is 44.4. The molecule has 7 unspecified atom stereocenters. The first-order valence-electron chi connectivity index (χ1n) is 26.0. The normalized spacial score (nSPS) is 36.1. The molecule has 0 radical (unpaired) electrons. The van der Waals surface area contributed by atoms with Gasteiger partial charge >= 0.3 is 16.3 Å². The minimum atomic E-state index is -4.37. The lowest BCUT2D eigenvalue weighted by atomic mass is 9.45. The van der Waals surface area contributed by atoms with Crippen LogP contribution in [0.4, 0.5) is 4.79 Å². The highest BCUT2D eigenvalue weighted by molar-refractivity contribution is 7.88. The molecule has 6 aliphatic carbocycles. The second-order valence-corrected chi connectivity index (χ2v) is 25.6. The van der Waals surface area contributed by atoms with Crippen LogP contribution in [0.3, 0.4) is 0 Å². The molecule has 392 valence electrons. The average molecular weight is 982 g/mol. The first-order chi connectivity index (χ1) is 31.8. The maximum absolute atomic E-state index is 14.8. The molecule has 2 bridgehead atoms. The Morgan fingerprint density at radius 2 is 1.63 bits per heavy atom. The van der Waals surface area contributed by atoms with Gasteiger partial charge < -0.3 is 40.1 Å². The molecule has 0 spiro atoms. The Morgan fingerprint density at radius 1 is 0.941 bits per heavy atom. The van der Waals surface area contributed by atoms with Gasteiger partial charge in [0.1, 0.15) is 17.7 Å². The predicted octanol–water partition coefficient (Wildman–Crippen LogP) is 4.28. The minimum absolute atomic E-state index is 0.0155. The van der Waals surface area contributed by atoms with E-state index in [2.05, 4.69) is 55.1 Å². The van der Waals surface area contributed by atoms with Crippen molar-refractivity contribution in [1.82, 2.24) is 34.9 Å². The number of hydroxylamine groups is 2. The number of aliphatic hydroxyl groups is 2. The van der Waals surface area contributed by atoms with Crippen molar-refractivity contribution < 1.29 is 47.3 Å². The van der Waals surface area contributed by atoms with Crippen LogP contribution in [-0.4, -0.2) is 161 Å². The van der Waals surface area contributed by atoms with Gasteiger partial charge in [0.15, 0.2) is 0 Å². The smallest absolute Gasteiger partial charge is 0.422 e. The van der Waals surface area contributed by atoms with Crippen molar-refractivity contribution >= 4 is 28.1 Å². The van der Waals surface area contributed by atoms with Crippen LogP contribution in [-0.2, 0) is 34.1 Å². The molecule has 7 aliphatic rings. The second-order valence-electron chi connectivity index (χ2n) is 24.1. The SMILES string of the molecule is COC1C(CN2O[C@@H](CO)[C@H](C(C)O)[C@H]2C(=O)N[C@H]2C[C@H]3C[C@@H]([C@@H]2C)C3(C)C)CCCC1C1CC(C(=O)N[C@H](CN(C)C)[C@@H](NS(=O)(=O)NC(=O)OC(C)(C)C)C2CCCCC2)CC(N(C)C)C1. The Morgan fingerprint density at radius 3 is 2.21 bits per heavy atom. The van der Waals surface area contributed by atoms with Gasteiger partial charge in [0.25, 0.3) is 0 Å². The predicted molar refractivity (Wildman–Crippen MR) is 261 cm³/mol. The summed E-state index contributed by atoms with van der Waals surface area (Å²) in [5.41, 5.74) is -0.623. The van der Waals surface area contributed by atoms with E-state index in [9.17, 15) is 33.0 Å². The molecule has 68 heavy (non-hydrogen) atoms. The number of ether oxygens (including phenoxy) is 2. The molecule has 7 fully saturated rings. The number of nitrogens with one attached hydrogen (secondary N) is 4. The molecular formula is C50H91N7O10S. The summed E-state index contributed by atoms with van der Waals surface area (Å²) in [6.45, 7) is 14.1. The number of rotatable bonds is 18. The van der Waals surface area contributed by atoms with Crippen molar-refractivity contribution in [2.75, 3.05) is 55.0 Å². The quantitative estimate of drug-likeness (QED) is 0.114. The molecule has 7 rings (SSSR count). The average Bonchev–Trinajstić information content (AvgIpc) is 3.63. The Labute approximate surface area is 408 Å². The van der Waals surface area contributed by atoms with Crippen molar-refractivity contribution in [2.45, 2.75) is 186 Å². The number of amides is 3. The molecule has 6 N–H and O–H groups in total. The van der Waals surface area contributed by atoms with E-state index in [1.54, 1.807) is 39.9 Å². The topological polar surface area (TPSA) is 211 Å². The first-order valence-corrected chi connectivity index (χ1v) is 27.5. The van der Waals surface area contributed by atoms with E-state index in [4.69, 9.17) is 14.3 Å². The van der Waals surface area contributed by atoms with Gasteiger partial charge in [-0.25, -0.2) is 9.52 Å². The highest BCUT2D eigenvalue weighted by Crippen LogP contribution is 2.61. The van der Waals surface area contributed by atoms with Crippen LogP contribution in [0.15, 0.2) is 0 Å². The van der Waals surface area contributed by atoms with Crippen LogP contribution in [0.5, 0.6) is 0 Å². The van der Waals surface area contributed by atoms with Gasteiger partial charge in [0.05, 0.1) is 24.9 Å². The van der Waals surface area contributed by atoms with Crippen LogP contribution < -0.4 is 20.1 Å². The number of hydrogen-bond donors (Lipinski definition) is 6. The molecule has 18 heteroatoms. The number of nitrogens with zero attached hydrogens (tertiary/aromatic N) is 3. The van der Waals surface area contributed by atoms with Gasteiger partial charge in [-0.2, -0.15) is 18.2 Å². The van der Waals surface area contributed by atoms with E-state index in [1.165, 1.54) is 6.42 Å². The maximum atomic E-state index is 14.8. The van der Waals surface area contributed by atoms with Gasteiger partial charge in [0, 0.05) is 56.1 Å². The standard InChI is InChI=1S/C50H91N7O10S/c1-29-38-24-35(50(38,6)7)25-39(29)51-47(61)44-42(30(2)59)41(28-58)67-57(44)26-32-19-16-20-37(45(32)65-12)33-21-34(23-36(22-33)56(10)11)46(60)52-40(27-55(8)9)43(31-17-14-13-15-18-31)53-68(63,64)54-48(62)66-49(3,4)5/h29-45,53,58-59H,13-28H2,1-12H3,(H,51,61)(H,52,60)(H,54,62)/t29-,30?,32?,33?,34?,35+,36?,37?,38-,39-,40+,41-,42-,43-,44-,45?/m0/s1. The molecular weight excluding hydrogens is 891 g/mol. The summed E-state index contributed by atoms with van der Waals surface area (Å²) in [5, 5.41) is 30.2. The van der Waals surface area contributed by atoms with Gasteiger partial charge in [-0.3, -0.25) is 14.4 Å². The van der Waals surface area contributed by atoms with E-state index in [0.29, 0.717) is 43.7 Å². The third kappa shape index (κ3) is 13.1. The molecule has 6 saturated carbocycles. The van der Waals surface area contributed by atoms with E-state index < -0.39 is 58.2 Å². The molecule has 1 saturated heterocycles. The zero-order valence-electron chi connectivity index (χ0n) is 43.5.